The van der Waals surface area contributed by atoms with Crippen LogP contribution in [0.1, 0.15) is 26.7 Å². The number of esters is 1. The fourth-order valence-corrected chi connectivity index (χ4v) is 1.86. The van der Waals surface area contributed by atoms with Gasteiger partial charge >= 0.3 is 5.97 Å². The van der Waals surface area contributed by atoms with Crippen LogP contribution in [-0.2, 0) is 9.53 Å². The van der Waals surface area contributed by atoms with E-state index in [1.165, 1.54) is 6.92 Å². The standard InChI is InChI=1S/C9H16O3/c1-6-3-9(12-7(2)11)4-8(6)5-10/h6,8-10H,3-5H2,1-2H3/t6-,8+,9-/m0/s1. The second kappa shape index (κ2) is 3.90. The summed E-state index contributed by atoms with van der Waals surface area (Å²) >= 11 is 0. The third-order valence-electron chi connectivity index (χ3n) is 2.57. The zero-order chi connectivity index (χ0) is 9.14. The molecule has 3 atom stereocenters. The minimum atomic E-state index is -0.217. The van der Waals surface area contributed by atoms with E-state index >= 15 is 0 Å². The van der Waals surface area contributed by atoms with E-state index in [0.717, 1.165) is 12.8 Å². The van der Waals surface area contributed by atoms with Gasteiger partial charge in [-0.05, 0) is 24.7 Å². The van der Waals surface area contributed by atoms with Gasteiger partial charge in [0.15, 0.2) is 0 Å². The van der Waals surface area contributed by atoms with Gasteiger partial charge in [-0.25, -0.2) is 0 Å². The van der Waals surface area contributed by atoms with Gasteiger partial charge < -0.3 is 9.84 Å². The summed E-state index contributed by atoms with van der Waals surface area (Å²) in [5.74, 6) is 0.569. The number of aliphatic hydroxyl groups is 1. The molecule has 0 aliphatic heterocycles. The molecule has 0 unspecified atom stereocenters. The highest BCUT2D eigenvalue weighted by Crippen LogP contribution is 2.32. The van der Waals surface area contributed by atoms with E-state index in [4.69, 9.17) is 9.84 Å². The predicted molar refractivity (Wildman–Crippen MR) is 44.5 cm³/mol. The second-order valence-electron chi connectivity index (χ2n) is 3.62. The maximum Gasteiger partial charge on any atom is 0.302 e. The van der Waals surface area contributed by atoms with Crippen molar-refractivity contribution in [2.45, 2.75) is 32.8 Å². The summed E-state index contributed by atoms with van der Waals surface area (Å²) in [4.78, 5) is 10.6. The van der Waals surface area contributed by atoms with Gasteiger partial charge in [0, 0.05) is 13.5 Å². The van der Waals surface area contributed by atoms with E-state index in [1.807, 2.05) is 0 Å². The Kier molecular flexibility index (Phi) is 3.09. The Morgan fingerprint density at radius 3 is 2.67 bits per heavy atom. The molecule has 0 aromatic carbocycles. The number of aliphatic hydroxyl groups excluding tert-OH is 1. The van der Waals surface area contributed by atoms with Gasteiger partial charge in [-0.2, -0.15) is 0 Å². The molecule has 0 amide bonds. The van der Waals surface area contributed by atoms with Crippen molar-refractivity contribution in [3.05, 3.63) is 0 Å². The van der Waals surface area contributed by atoms with Crippen LogP contribution in [0.2, 0.25) is 0 Å². The maximum atomic E-state index is 10.6. The van der Waals surface area contributed by atoms with Crippen LogP contribution in [0, 0.1) is 11.8 Å². The summed E-state index contributed by atoms with van der Waals surface area (Å²) in [6.07, 6.45) is 1.75. The van der Waals surface area contributed by atoms with Crippen LogP contribution in [0.5, 0.6) is 0 Å². The summed E-state index contributed by atoms with van der Waals surface area (Å²) in [6, 6.07) is 0. The molecule has 0 saturated heterocycles. The molecule has 1 rings (SSSR count). The molecule has 0 aromatic heterocycles. The predicted octanol–water partition coefficient (Wildman–Crippen LogP) is 0.956. The molecule has 1 aliphatic rings. The summed E-state index contributed by atoms with van der Waals surface area (Å²) in [6.45, 7) is 3.72. The Balaban J connectivity index is 2.37. The van der Waals surface area contributed by atoms with Crippen LogP contribution >= 0.6 is 0 Å². The number of ether oxygens (including phenoxy) is 1. The molecule has 0 spiro atoms. The monoisotopic (exact) mass is 172 g/mol. The lowest BCUT2D eigenvalue weighted by molar-refractivity contribution is -0.146. The van der Waals surface area contributed by atoms with Crippen molar-refractivity contribution in [2.75, 3.05) is 6.61 Å². The van der Waals surface area contributed by atoms with Gasteiger partial charge in [-0.3, -0.25) is 4.79 Å². The number of carbonyl (C=O) groups is 1. The number of rotatable bonds is 2. The van der Waals surface area contributed by atoms with Crippen LogP contribution in [0.15, 0.2) is 0 Å². The molecule has 12 heavy (non-hydrogen) atoms. The highest BCUT2D eigenvalue weighted by molar-refractivity contribution is 5.66. The van der Waals surface area contributed by atoms with Crippen molar-refractivity contribution in [3.63, 3.8) is 0 Å². The average molecular weight is 172 g/mol. The fourth-order valence-electron chi connectivity index (χ4n) is 1.86. The molecule has 1 fully saturated rings. The van der Waals surface area contributed by atoms with E-state index in [9.17, 15) is 4.79 Å². The molecule has 1 N–H and O–H groups in total. The van der Waals surface area contributed by atoms with Crippen molar-refractivity contribution in [1.29, 1.82) is 0 Å². The number of hydrogen-bond acceptors (Lipinski definition) is 3. The van der Waals surface area contributed by atoms with Crippen LogP contribution in [0.25, 0.3) is 0 Å². The average Bonchev–Trinajstić information content (AvgIpc) is 2.29. The van der Waals surface area contributed by atoms with Crippen molar-refractivity contribution in [2.24, 2.45) is 11.8 Å². The number of hydrogen-bond donors (Lipinski definition) is 1. The Bertz CT molecular complexity index is 167. The first-order valence-electron chi connectivity index (χ1n) is 4.41. The first kappa shape index (κ1) is 9.52. The Morgan fingerprint density at radius 1 is 1.58 bits per heavy atom. The van der Waals surface area contributed by atoms with E-state index in [1.54, 1.807) is 0 Å². The quantitative estimate of drug-likeness (QED) is 0.631. The van der Waals surface area contributed by atoms with Crippen LogP contribution in [-0.4, -0.2) is 23.8 Å². The van der Waals surface area contributed by atoms with Gasteiger partial charge in [-0.15, -0.1) is 0 Å². The molecule has 0 aromatic rings. The van der Waals surface area contributed by atoms with Gasteiger partial charge in [0.2, 0.25) is 0 Å². The van der Waals surface area contributed by atoms with Gasteiger partial charge in [0.25, 0.3) is 0 Å². The Labute approximate surface area is 72.7 Å². The van der Waals surface area contributed by atoms with Crippen molar-refractivity contribution in [3.8, 4) is 0 Å². The zero-order valence-electron chi connectivity index (χ0n) is 7.62. The molecule has 3 nitrogen and oxygen atoms in total. The fraction of sp³-hybridized carbons (Fsp3) is 0.889. The highest BCUT2D eigenvalue weighted by Gasteiger charge is 2.32. The normalized spacial score (nSPS) is 35.1. The SMILES string of the molecule is CC(=O)O[C@@H]1C[C@H](CO)[C@@H](C)C1. The third-order valence-corrected chi connectivity index (χ3v) is 2.57. The molecule has 0 radical (unpaired) electrons. The van der Waals surface area contributed by atoms with Crippen molar-refractivity contribution >= 4 is 5.97 Å². The Morgan fingerprint density at radius 2 is 2.25 bits per heavy atom. The molecule has 3 heteroatoms. The van der Waals surface area contributed by atoms with Crippen LogP contribution in [0.4, 0.5) is 0 Å². The van der Waals surface area contributed by atoms with E-state index in [0.29, 0.717) is 11.8 Å². The summed E-state index contributed by atoms with van der Waals surface area (Å²) in [7, 11) is 0. The first-order valence-corrected chi connectivity index (χ1v) is 4.41. The van der Waals surface area contributed by atoms with E-state index < -0.39 is 0 Å². The summed E-state index contributed by atoms with van der Waals surface area (Å²) in [5, 5.41) is 8.95. The highest BCUT2D eigenvalue weighted by atomic mass is 16.5. The van der Waals surface area contributed by atoms with E-state index in [-0.39, 0.29) is 18.7 Å². The lowest BCUT2D eigenvalue weighted by Crippen LogP contribution is -2.13. The first-order chi connectivity index (χ1) is 5.63. The molecule has 1 aliphatic carbocycles. The summed E-state index contributed by atoms with van der Waals surface area (Å²) < 4.78 is 5.06. The largest absolute Gasteiger partial charge is 0.463 e. The zero-order valence-corrected chi connectivity index (χ0v) is 7.62. The smallest absolute Gasteiger partial charge is 0.302 e. The van der Waals surface area contributed by atoms with E-state index in [2.05, 4.69) is 6.92 Å². The minimum Gasteiger partial charge on any atom is -0.463 e. The molecule has 0 heterocycles. The van der Waals surface area contributed by atoms with Crippen molar-refractivity contribution < 1.29 is 14.6 Å². The number of carbonyl (C=O) groups excluding carboxylic acids is 1. The third kappa shape index (κ3) is 2.21. The Hall–Kier alpha value is -0.570. The van der Waals surface area contributed by atoms with Gasteiger partial charge in [0.1, 0.15) is 6.10 Å². The molecule has 1 saturated carbocycles. The molecular formula is C9H16O3. The van der Waals surface area contributed by atoms with Crippen LogP contribution in [0.3, 0.4) is 0 Å². The van der Waals surface area contributed by atoms with Crippen molar-refractivity contribution in [1.82, 2.24) is 0 Å². The minimum absolute atomic E-state index is 0.0367. The second-order valence-corrected chi connectivity index (χ2v) is 3.62. The maximum absolute atomic E-state index is 10.6. The lowest BCUT2D eigenvalue weighted by Gasteiger charge is -2.09. The molecular weight excluding hydrogens is 156 g/mol. The molecule has 0 bridgehead atoms. The van der Waals surface area contributed by atoms with Gasteiger partial charge in [-0.1, -0.05) is 6.92 Å². The van der Waals surface area contributed by atoms with Crippen LogP contribution < -0.4 is 0 Å². The molecule has 70 valence electrons. The lowest BCUT2D eigenvalue weighted by atomic mass is 10.00. The topological polar surface area (TPSA) is 46.5 Å². The van der Waals surface area contributed by atoms with Gasteiger partial charge in [0.05, 0.1) is 0 Å². The summed E-state index contributed by atoms with van der Waals surface area (Å²) in [5.41, 5.74) is 0.